The summed E-state index contributed by atoms with van der Waals surface area (Å²) in [6.07, 6.45) is 2.96. The van der Waals surface area contributed by atoms with E-state index in [-0.39, 0.29) is 43.2 Å². The lowest BCUT2D eigenvalue weighted by Gasteiger charge is -2.29. The summed E-state index contributed by atoms with van der Waals surface area (Å²) in [5, 5.41) is 5.52. The van der Waals surface area contributed by atoms with Crippen LogP contribution in [0.2, 0.25) is 0 Å². The molecule has 2 aromatic carbocycles. The summed E-state index contributed by atoms with van der Waals surface area (Å²) in [7, 11) is 1.53. The van der Waals surface area contributed by atoms with Crippen LogP contribution in [0.4, 0.5) is 0 Å². The Bertz CT molecular complexity index is 1120. The Morgan fingerprint density at radius 3 is 2.48 bits per heavy atom. The van der Waals surface area contributed by atoms with Gasteiger partial charge in [-0.15, -0.1) is 0 Å². The van der Waals surface area contributed by atoms with Crippen molar-refractivity contribution in [1.29, 1.82) is 0 Å². The number of likely N-dealkylation sites (N-methyl/N-ethyl adjacent to an activating group) is 1. The molecule has 170 valence electrons. The molecule has 2 heterocycles. The van der Waals surface area contributed by atoms with E-state index in [1.165, 1.54) is 19.2 Å². The van der Waals surface area contributed by atoms with E-state index in [4.69, 9.17) is 9.47 Å². The fraction of sp³-hybridized carbons (Fsp3) is 0.250. The minimum Gasteiger partial charge on any atom is -0.484 e. The number of imide groups is 1. The Morgan fingerprint density at radius 2 is 1.73 bits per heavy atom. The second kappa shape index (κ2) is 9.56. The summed E-state index contributed by atoms with van der Waals surface area (Å²) >= 11 is 0. The largest absolute Gasteiger partial charge is 0.484 e. The van der Waals surface area contributed by atoms with Gasteiger partial charge in [0.05, 0.1) is 6.04 Å². The maximum atomic E-state index is 12.7. The van der Waals surface area contributed by atoms with Gasteiger partial charge in [-0.2, -0.15) is 0 Å². The minimum atomic E-state index is -0.442. The first-order valence-corrected chi connectivity index (χ1v) is 10.5. The molecule has 2 aromatic rings. The molecule has 9 heteroatoms. The number of nitrogens with one attached hydrogen (secondary N) is 2. The molecule has 4 rings (SSSR count). The highest BCUT2D eigenvalue weighted by Gasteiger charge is 2.29. The lowest BCUT2D eigenvalue weighted by molar-refractivity contribution is -0.137. The smallest absolute Gasteiger partial charge is 0.257 e. The normalized spacial score (nSPS) is 16.0. The molecule has 0 aromatic heterocycles. The number of benzene rings is 2. The highest BCUT2D eigenvalue weighted by atomic mass is 16.5. The molecule has 33 heavy (non-hydrogen) atoms. The zero-order valence-corrected chi connectivity index (χ0v) is 18.0. The Balaban J connectivity index is 1.46. The second-order valence-corrected chi connectivity index (χ2v) is 7.57. The van der Waals surface area contributed by atoms with Gasteiger partial charge in [0.25, 0.3) is 17.7 Å². The molecule has 0 saturated carbocycles. The van der Waals surface area contributed by atoms with Crippen LogP contribution < -0.4 is 20.1 Å². The molecular weight excluding hydrogens is 426 g/mol. The van der Waals surface area contributed by atoms with Crippen molar-refractivity contribution >= 4 is 23.6 Å². The average Bonchev–Trinajstić information content (AvgIpc) is 3.14. The number of carbonyl (C=O) groups is 4. The number of ether oxygens (including phenoxy) is 2. The van der Waals surface area contributed by atoms with E-state index in [1.807, 2.05) is 24.3 Å². The van der Waals surface area contributed by atoms with E-state index in [0.717, 1.165) is 16.0 Å². The summed E-state index contributed by atoms with van der Waals surface area (Å²) in [6.45, 7) is 0.0641. The molecule has 0 saturated heterocycles. The molecule has 0 fully saturated rings. The van der Waals surface area contributed by atoms with Crippen molar-refractivity contribution in [3.05, 3.63) is 65.7 Å². The van der Waals surface area contributed by atoms with Crippen LogP contribution in [-0.2, 0) is 19.2 Å². The Labute approximate surface area is 190 Å². The van der Waals surface area contributed by atoms with Gasteiger partial charge in [-0.1, -0.05) is 18.2 Å². The molecule has 2 N–H and O–H groups in total. The zero-order chi connectivity index (χ0) is 23.4. The van der Waals surface area contributed by atoms with E-state index < -0.39 is 6.04 Å². The lowest BCUT2D eigenvalue weighted by atomic mass is 9.94. The first-order chi connectivity index (χ1) is 16.0. The minimum absolute atomic E-state index is 0.121. The summed E-state index contributed by atoms with van der Waals surface area (Å²) in [5.41, 5.74) is 1.56. The predicted octanol–water partition coefficient (Wildman–Crippen LogP) is 1.83. The SMILES string of the molecule is CNC(=O)COc1ccc2c(c1)Oc1ccccc1C2NC(=O)CCCN1C(=O)C=CC1=O. The van der Waals surface area contributed by atoms with Gasteiger partial charge in [0.1, 0.15) is 17.2 Å². The molecule has 1 atom stereocenters. The number of hydrogen-bond acceptors (Lipinski definition) is 6. The van der Waals surface area contributed by atoms with Gasteiger partial charge in [-0.05, 0) is 24.6 Å². The van der Waals surface area contributed by atoms with E-state index in [0.29, 0.717) is 23.7 Å². The second-order valence-electron chi connectivity index (χ2n) is 7.57. The van der Waals surface area contributed by atoms with E-state index in [9.17, 15) is 19.2 Å². The van der Waals surface area contributed by atoms with E-state index in [2.05, 4.69) is 10.6 Å². The number of rotatable bonds is 8. The molecule has 2 aliphatic heterocycles. The molecule has 0 radical (unpaired) electrons. The van der Waals surface area contributed by atoms with E-state index in [1.54, 1.807) is 18.2 Å². The third kappa shape index (κ3) is 4.87. The number of para-hydroxylation sites is 1. The standard InChI is InChI=1S/C24H23N3O6/c1-25-21(29)14-32-15-8-9-17-19(13-15)33-18-6-3-2-5-16(18)24(17)26-20(28)7-4-12-27-22(30)10-11-23(27)31/h2-3,5-6,8-11,13,24H,4,7,12,14H2,1H3,(H,25,29)(H,26,28). The summed E-state index contributed by atoms with van der Waals surface area (Å²) < 4.78 is 11.5. The Kier molecular flexibility index (Phi) is 6.39. The van der Waals surface area contributed by atoms with Gasteiger partial charge < -0.3 is 20.1 Å². The lowest BCUT2D eigenvalue weighted by Crippen LogP contribution is -2.34. The van der Waals surface area contributed by atoms with Crippen LogP contribution in [0.1, 0.15) is 30.0 Å². The molecule has 0 spiro atoms. The maximum absolute atomic E-state index is 12.7. The molecule has 4 amide bonds. The van der Waals surface area contributed by atoms with Crippen molar-refractivity contribution in [3.63, 3.8) is 0 Å². The van der Waals surface area contributed by atoms with Gasteiger partial charge in [-0.25, -0.2) is 0 Å². The number of amides is 4. The Morgan fingerprint density at radius 1 is 1.00 bits per heavy atom. The predicted molar refractivity (Wildman–Crippen MR) is 118 cm³/mol. The van der Waals surface area contributed by atoms with Crippen molar-refractivity contribution < 1.29 is 28.7 Å². The first kappa shape index (κ1) is 22.1. The molecule has 2 aliphatic rings. The van der Waals surface area contributed by atoms with Crippen molar-refractivity contribution in [2.24, 2.45) is 0 Å². The van der Waals surface area contributed by atoms with Gasteiger partial charge in [0, 0.05) is 49.4 Å². The van der Waals surface area contributed by atoms with Gasteiger partial charge >= 0.3 is 0 Å². The summed E-state index contributed by atoms with van der Waals surface area (Å²) in [6, 6.07) is 12.2. The Hall–Kier alpha value is -4.14. The highest BCUT2D eigenvalue weighted by molar-refractivity contribution is 6.12. The van der Waals surface area contributed by atoms with Crippen LogP contribution in [0.5, 0.6) is 17.2 Å². The van der Waals surface area contributed by atoms with Crippen molar-refractivity contribution in [2.75, 3.05) is 20.2 Å². The third-order valence-electron chi connectivity index (χ3n) is 5.39. The number of carbonyl (C=O) groups excluding carboxylic acids is 4. The summed E-state index contributed by atoms with van der Waals surface area (Å²) in [5.74, 6) is 0.414. The van der Waals surface area contributed by atoms with Crippen molar-refractivity contribution in [1.82, 2.24) is 15.5 Å². The molecule has 1 unspecified atom stereocenters. The average molecular weight is 449 g/mol. The van der Waals surface area contributed by atoms with Crippen molar-refractivity contribution in [2.45, 2.75) is 18.9 Å². The highest BCUT2D eigenvalue weighted by Crippen LogP contribution is 2.44. The number of hydrogen-bond donors (Lipinski definition) is 2. The molecule has 0 aliphatic carbocycles. The number of fused-ring (bicyclic) bond motifs is 2. The monoisotopic (exact) mass is 449 g/mol. The third-order valence-corrected chi connectivity index (χ3v) is 5.39. The fourth-order valence-corrected chi connectivity index (χ4v) is 3.69. The molecule has 0 bridgehead atoms. The van der Waals surface area contributed by atoms with Crippen LogP contribution in [0.15, 0.2) is 54.6 Å². The summed E-state index contributed by atoms with van der Waals surface area (Å²) in [4.78, 5) is 48.6. The zero-order valence-electron chi connectivity index (χ0n) is 18.0. The van der Waals surface area contributed by atoms with E-state index >= 15 is 0 Å². The van der Waals surface area contributed by atoms with Crippen molar-refractivity contribution in [3.8, 4) is 17.2 Å². The maximum Gasteiger partial charge on any atom is 0.257 e. The van der Waals surface area contributed by atoms with Crippen LogP contribution in [-0.4, -0.2) is 48.7 Å². The first-order valence-electron chi connectivity index (χ1n) is 10.5. The van der Waals surface area contributed by atoms with Crippen LogP contribution in [0.25, 0.3) is 0 Å². The number of nitrogens with zero attached hydrogens (tertiary/aromatic N) is 1. The quantitative estimate of drug-likeness (QED) is 0.595. The molecular formula is C24H23N3O6. The van der Waals surface area contributed by atoms with Crippen LogP contribution in [0.3, 0.4) is 0 Å². The van der Waals surface area contributed by atoms with Crippen LogP contribution >= 0.6 is 0 Å². The van der Waals surface area contributed by atoms with Gasteiger partial charge in [-0.3, -0.25) is 24.1 Å². The fourth-order valence-electron chi connectivity index (χ4n) is 3.69. The van der Waals surface area contributed by atoms with Gasteiger partial charge in [0.2, 0.25) is 5.91 Å². The molecule has 9 nitrogen and oxygen atoms in total. The topological polar surface area (TPSA) is 114 Å². The van der Waals surface area contributed by atoms with Gasteiger partial charge in [0.15, 0.2) is 6.61 Å². The van der Waals surface area contributed by atoms with Crippen LogP contribution in [0, 0.1) is 0 Å².